The largest absolute Gasteiger partial charge is 0.416 e. The molecule has 0 unspecified atom stereocenters. The van der Waals surface area contributed by atoms with Crippen LogP contribution in [0.4, 0.5) is 32.4 Å². The van der Waals surface area contributed by atoms with Gasteiger partial charge in [-0.25, -0.2) is 23.5 Å². The SMILES string of the molecule is Cc1nc(C)c(C=NOc2cccc(C(F)(F)F)c2)c(C2CCN(C(=O)Nc3c(F)cccc3F)CC2)n1. The van der Waals surface area contributed by atoms with Gasteiger partial charge >= 0.3 is 12.2 Å². The molecule has 200 valence electrons. The van der Waals surface area contributed by atoms with Crippen LogP contribution in [0.5, 0.6) is 5.75 Å². The van der Waals surface area contributed by atoms with E-state index in [1.54, 1.807) is 13.8 Å². The van der Waals surface area contributed by atoms with Gasteiger partial charge in [0, 0.05) is 24.6 Å². The number of nitrogens with zero attached hydrogens (tertiary/aromatic N) is 4. The quantitative estimate of drug-likeness (QED) is 0.240. The van der Waals surface area contributed by atoms with E-state index < -0.39 is 35.1 Å². The van der Waals surface area contributed by atoms with Crippen molar-refractivity contribution in [3.05, 3.63) is 82.4 Å². The molecule has 1 saturated heterocycles. The maximum Gasteiger partial charge on any atom is 0.416 e. The molecule has 1 fully saturated rings. The van der Waals surface area contributed by atoms with Crippen molar-refractivity contribution in [1.82, 2.24) is 14.9 Å². The van der Waals surface area contributed by atoms with Gasteiger partial charge in [-0.2, -0.15) is 13.2 Å². The van der Waals surface area contributed by atoms with Gasteiger partial charge < -0.3 is 15.1 Å². The first-order valence-corrected chi connectivity index (χ1v) is 11.8. The summed E-state index contributed by atoms with van der Waals surface area (Å²) in [6.45, 7) is 4.12. The Morgan fingerprint density at radius 3 is 2.39 bits per heavy atom. The topological polar surface area (TPSA) is 79.7 Å². The lowest BCUT2D eigenvalue weighted by Gasteiger charge is -2.32. The molecule has 1 aromatic heterocycles. The van der Waals surface area contributed by atoms with Crippen LogP contribution in [0.15, 0.2) is 47.6 Å². The van der Waals surface area contributed by atoms with E-state index in [1.807, 2.05) is 0 Å². The summed E-state index contributed by atoms with van der Waals surface area (Å²) in [7, 11) is 0. The zero-order valence-corrected chi connectivity index (χ0v) is 20.5. The number of hydrogen-bond acceptors (Lipinski definition) is 5. The average molecular weight is 534 g/mol. The molecule has 2 aromatic carbocycles. The fourth-order valence-electron chi connectivity index (χ4n) is 4.25. The van der Waals surface area contributed by atoms with E-state index in [1.165, 1.54) is 29.3 Å². The minimum absolute atomic E-state index is 0.0751. The lowest BCUT2D eigenvalue weighted by molar-refractivity contribution is -0.137. The van der Waals surface area contributed by atoms with E-state index in [-0.39, 0.29) is 11.7 Å². The summed E-state index contributed by atoms with van der Waals surface area (Å²) in [4.78, 5) is 28.2. The van der Waals surface area contributed by atoms with Gasteiger partial charge in [0.25, 0.3) is 0 Å². The van der Waals surface area contributed by atoms with Crippen molar-refractivity contribution in [2.45, 2.75) is 38.8 Å². The van der Waals surface area contributed by atoms with E-state index >= 15 is 0 Å². The fraction of sp³-hybridized carbons (Fsp3) is 0.308. The standard InChI is InChI=1S/C26H24F5N5O2/c1-15-20(14-32-38-19-6-3-5-18(13-19)26(29,30)31)23(34-16(2)33-15)17-9-11-36(12-10-17)25(37)35-24-21(27)7-4-8-22(24)28/h3-8,13-14,17H,9-12H2,1-2H3,(H,35,37). The summed E-state index contributed by atoms with van der Waals surface area (Å²) in [5.74, 6) is -1.36. The van der Waals surface area contributed by atoms with Crippen LogP contribution >= 0.6 is 0 Å². The molecule has 1 aliphatic rings. The Labute approximate surface area is 215 Å². The third kappa shape index (κ3) is 6.24. The van der Waals surface area contributed by atoms with E-state index in [9.17, 15) is 26.7 Å². The van der Waals surface area contributed by atoms with Crippen molar-refractivity contribution in [2.24, 2.45) is 5.16 Å². The summed E-state index contributed by atoms with van der Waals surface area (Å²) in [5, 5.41) is 6.16. The number of benzene rings is 2. The number of oxime groups is 1. The van der Waals surface area contributed by atoms with Crippen LogP contribution in [0.1, 0.15) is 47.1 Å². The van der Waals surface area contributed by atoms with Crippen LogP contribution in [0.3, 0.4) is 0 Å². The number of alkyl halides is 3. The second-order valence-electron chi connectivity index (χ2n) is 8.79. The molecule has 0 saturated carbocycles. The number of carbonyl (C=O) groups is 1. The summed E-state index contributed by atoms with van der Waals surface area (Å²) in [5.41, 5.74) is 0.500. The number of carbonyl (C=O) groups excluding carboxylic acids is 1. The Balaban J connectivity index is 1.46. The first-order valence-electron chi connectivity index (χ1n) is 11.8. The molecular weight excluding hydrogens is 509 g/mol. The second-order valence-corrected chi connectivity index (χ2v) is 8.79. The normalized spacial score (nSPS) is 14.7. The Bertz CT molecular complexity index is 1330. The first-order chi connectivity index (χ1) is 18.0. The molecule has 1 N–H and O–H groups in total. The number of aryl methyl sites for hydroxylation is 2. The predicted octanol–water partition coefficient (Wildman–Crippen LogP) is 6.21. The summed E-state index contributed by atoms with van der Waals surface area (Å²) in [6.07, 6.45) is -2.12. The second kappa shape index (κ2) is 11.1. The lowest BCUT2D eigenvalue weighted by atomic mass is 9.90. The molecular formula is C26H24F5N5O2. The van der Waals surface area contributed by atoms with E-state index in [4.69, 9.17) is 4.84 Å². The van der Waals surface area contributed by atoms with Crippen LogP contribution in [0.25, 0.3) is 0 Å². The smallest absolute Gasteiger partial charge is 0.357 e. The Morgan fingerprint density at radius 1 is 1.08 bits per heavy atom. The van der Waals surface area contributed by atoms with Gasteiger partial charge in [0.15, 0.2) is 5.75 Å². The van der Waals surface area contributed by atoms with Crippen LogP contribution in [-0.2, 0) is 6.18 Å². The van der Waals surface area contributed by atoms with E-state index in [0.29, 0.717) is 48.7 Å². The van der Waals surface area contributed by atoms with Crippen molar-refractivity contribution < 1.29 is 31.6 Å². The summed E-state index contributed by atoms with van der Waals surface area (Å²) >= 11 is 0. The van der Waals surface area contributed by atoms with Crippen molar-refractivity contribution >= 4 is 17.9 Å². The van der Waals surface area contributed by atoms with Gasteiger partial charge in [-0.05, 0) is 57.0 Å². The number of urea groups is 1. The first kappa shape index (κ1) is 27.0. The van der Waals surface area contributed by atoms with Crippen LogP contribution in [0.2, 0.25) is 0 Å². The Hall–Kier alpha value is -4.09. The minimum Gasteiger partial charge on any atom is -0.357 e. The van der Waals surface area contributed by atoms with Gasteiger partial charge in [-0.1, -0.05) is 17.3 Å². The number of amides is 2. The van der Waals surface area contributed by atoms with Gasteiger partial charge in [0.1, 0.15) is 23.1 Å². The molecule has 2 amide bonds. The molecule has 7 nitrogen and oxygen atoms in total. The van der Waals surface area contributed by atoms with Crippen LogP contribution in [0, 0.1) is 25.5 Å². The molecule has 38 heavy (non-hydrogen) atoms. The number of nitrogens with one attached hydrogen (secondary N) is 1. The van der Waals surface area contributed by atoms with Gasteiger partial charge in [-0.3, -0.25) is 0 Å². The zero-order chi connectivity index (χ0) is 27.4. The number of piperidine rings is 1. The van der Waals surface area contributed by atoms with Crippen molar-refractivity contribution in [3.8, 4) is 5.75 Å². The summed E-state index contributed by atoms with van der Waals surface area (Å²) < 4.78 is 66.7. The monoisotopic (exact) mass is 533 g/mol. The number of rotatable bonds is 5. The molecule has 3 aromatic rings. The highest BCUT2D eigenvalue weighted by Crippen LogP contribution is 2.32. The summed E-state index contributed by atoms with van der Waals surface area (Å²) in [6, 6.07) is 7.09. The Morgan fingerprint density at radius 2 is 1.74 bits per heavy atom. The van der Waals surface area contributed by atoms with Gasteiger partial charge in [-0.15, -0.1) is 0 Å². The molecule has 4 rings (SSSR count). The predicted molar refractivity (Wildman–Crippen MR) is 130 cm³/mol. The van der Waals surface area contributed by atoms with E-state index in [0.717, 1.165) is 24.3 Å². The highest BCUT2D eigenvalue weighted by molar-refractivity contribution is 5.89. The van der Waals surface area contributed by atoms with E-state index in [2.05, 4.69) is 20.4 Å². The molecule has 1 aliphatic heterocycles. The zero-order valence-electron chi connectivity index (χ0n) is 20.5. The number of hydrogen-bond donors (Lipinski definition) is 1. The average Bonchev–Trinajstić information content (AvgIpc) is 2.87. The Kier molecular flexibility index (Phi) is 7.88. The molecule has 12 heteroatoms. The number of halogens is 5. The van der Waals surface area contributed by atoms with Crippen LogP contribution < -0.4 is 10.2 Å². The van der Waals surface area contributed by atoms with Crippen LogP contribution in [-0.4, -0.2) is 40.2 Å². The van der Waals surface area contributed by atoms with Gasteiger partial charge in [0.05, 0.1) is 23.2 Å². The van der Waals surface area contributed by atoms with Crippen molar-refractivity contribution in [2.75, 3.05) is 18.4 Å². The molecule has 0 bridgehead atoms. The maximum atomic E-state index is 13.9. The fourth-order valence-corrected chi connectivity index (χ4v) is 4.25. The number of para-hydroxylation sites is 1. The molecule has 2 heterocycles. The number of anilines is 1. The maximum absolute atomic E-state index is 13.9. The highest BCUT2D eigenvalue weighted by atomic mass is 19.4. The third-order valence-corrected chi connectivity index (χ3v) is 6.14. The lowest BCUT2D eigenvalue weighted by Crippen LogP contribution is -2.41. The van der Waals surface area contributed by atoms with Crippen molar-refractivity contribution in [3.63, 3.8) is 0 Å². The molecule has 0 radical (unpaired) electrons. The minimum atomic E-state index is -4.51. The number of aromatic nitrogens is 2. The third-order valence-electron chi connectivity index (χ3n) is 6.14. The molecule has 0 aliphatic carbocycles. The highest BCUT2D eigenvalue weighted by Gasteiger charge is 2.31. The van der Waals surface area contributed by atoms with Crippen molar-refractivity contribution in [1.29, 1.82) is 0 Å². The molecule has 0 atom stereocenters. The number of likely N-dealkylation sites (tertiary alicyclic amines) is 1. The van der Waals surface area contributed by atoms with Gasteiger partial charge in [0.2, 0.25) is 0 Å². The molecule has 0 spiro atoms.